The van der Waals surface area contributed by atoms with Gasteiger partial charge in [-0.15, -0.1) is 0 Å². The molecular weight excluding hydrogens is 432 g/mol. The summed E-state index contributed by atoms with van der Waals surface area (Å²) in [6, 6.07) is 12.5. The van der Waals surface area contributed by atoms with Gasteiger partial charge in [0.05, 0.1) is 29.2 Å². The van der Waals surface area contributed by atoms with Crippen LogP contribution in [0, 0.1) is 0 Å². The second-order valence-corrected chi connectivity index (χ2v) is 10.2. The zero-order valence-electron chi connectivity index (χ0n) is 18.4. The van der Waals surface area contributed by atoms with Crippen molar-refractivity contribution in [2.45, 2.75) is 50.6 Å². The van der Waals surface area contributed by atoms with Gasteiger partial charge in [-0.1, -0.05) is 18.2 Å². The largest absolute Gasteiger partial charge is 0.462 e. The minimum Gasteiger partial charge on any atom is -0.462 e. The molecular formula is C23H26N2O6S. The Morgan fingerprint density at radius 1 is 1.06 bits per heavy atom. The standard InChI is InChI=1S/C23H26N2O6S/c1-5-31-22(28)16-11-13-17(14-12-16)24-20(26)15-19(21(24)27)25(23(2,3)4)32(29,30)18-9-7-6-8-10-18/h6-14,19H,5,15H2,1-4H3. The zero-order valence-corrected chi connectivity index (χ0v) is 19.3. The van der Waals surface area contributed by atoms with Crippen LogP contribution in [0.5, 0.6) is 0 Å². The average molecular weight is 459 g/mol. The molecule has 32 heavy (non-hydrogen) atoms. The molecule has 8 nitrogen and oxygen atoms in total. The molecule has 0 bridgehead atoms. The first-order chi connectivity index (χ1) is 15.0. The Kier molecular flexibility index (Phi) is 6.52. The molecule has 0 saturated carbocycles. The summed E-state index contributed by atoms with van der Waals surface area (Å²) < 4.78 is 32.9. The molecule has 1 saturated heterocycles. The molecule has 0 N–H and O–H groups in total. The molecule has 1 aliphatic heterocycles. The van der Waals surface area contributed by atoms with Crippen LogP contribution >= 0.6 is 0 Å². The fourth-order valence-electron chi connectivity index (χ4n) is 3.73. The molecule has 1 fully saturated rings. The molecule has 1 aliphatic rings. The summed E-state index contributed by atoms with van der Waals surface area (Å²) in [5, 5.41) is 0. The molecule has 2 aromatic rings. The number of carbonyl (C=O) groups is 3. The number of sulfonamides is 1. The van der Waals surface area contributed by atoms with Crippen molar-refractivity contribution in [1.29, 1.82) is 0 Å². The lowest BCUT2D eigenvalue weighted by molar-refractivity contribution is -0.122. The zero-order chi connectivity index (χ0) is 23.7. The highest BCUT2D eigenvalue weighted by atomic mass is 32.2. The molecule has 2 amide bonds. The van der Waals surface area contributed by atoms with Crippen LogP contribution in [0.3, 0.4) is 0 Å². The van der Waals surface area contributed by atoms with Crippen LogP contribution in [-0.4, -0.2) is 48.7 Å². The van der Waals surface area contributed by atoms with Crippen molar-refractivity contribution in [3.8, 4) is 0 Å². The van der Waals surface area contributed by atoms with Gasteiger partial charge in [0.2, 0.25) is 15.9 Å². The minimum absolute atomic E-state index is 0.0485. The number of anilines is 1. The average Bonchev–Trinajstić information content (AvgIpc) is 3.01. The van der Waals surface area contributed by atoms with Crippen molar-refractivity contribution in [1.82, 2.24) is 4.31 Å². The highest BCUT2D eigenvalue weighted by molar-refractivity contribution is 7.89. The highest BCUT2D eigenvalue weighted by Crippen LogP contribution is 2.34. The number of rotatable bonds is 6. The normalized spacial score (nSPS) is 17.2. The van der Waals surface area contributed by atoms with Gasteiger partial charge in [-0.05, 0) is 64.1 Å². The summed E-state index contributed by atoms with van der Waals surface area (Å²) >= 11 is 0. The third kappa shape index (κ3) is 4.44. The molecule has 1 heterocycles. The van der Waals surface area contributed by atoms with E-state index in [4.69, 9.17) is 4.74 Å². The number of benzene rings is 2. The number of hydrogen-bond donors (Lipinski definition) is 0. The molecule has 0 spiro atoms. The molecule has 9 heteroatoms. The highest BCUT2D eigenvalue weighted by Gasteiger charge is 2.50. The number of imide groups is 1. The number of nitrogens with zero attached hydrogens (tertiary/aromatic N) is 2. The van der Waals surface area contributed by atoms with Gasteiger partial charge in [-0.2, -0.15) is 4.31 Å². The van der Waals surface area contributed by atoms with Gasteiger partial charge >= 0.3 is 5.97 Å². The van der Waals surface area contributed by atoms with E-state index in [1.54, 1.807) is 45.9 Å². The Morgan fingerprint density at radius 2 is 1.66 bits per heavy atom. The summed E-state index contributed by atoms with van der Waals surface area (Å²) in [5.41, 5.74) is -0.408. The van der Waals surface area contributed by atoms with Crippen LogP contribution in [0.4, 0.5) is 5.69 Å². The van der Waals surface area contributed by atoms with E-state index in [-0.39, 0.29) is 29.2 Å². The smallest absolute Gasteiger partial charge is 0.338 e. The van der Waals surface area contributed by atoms with Crippen LogP contribution in [0.2, 0.25) is 0 Å². The number of hydrogen-bond acceptors (Lipinski definition) is 6. The molecule has 0 aliphatic carbocycles. The summed E-state index contributed by atoms with van der Waals surface area (Å²) in [6.07, 6.45) is -0.276. The van der Waals surface area contributed by atoms with E-state index in [0.717, 1.165) is 9.21 Å². The second-order valence-electron chi connectivity index (χ2n) is 8.34. The lowest BCUT2D eigenvalue weighted by Gasteiger charge is -2.37. The predicted octanol–water partition coefficient (Wildman–Crippen LogP) is 2.98. The Morgan fingerprint density at radius 3 is 2.19 bits per heavy atom. The second kappa shape index (κ2) is 8.84. The van der Waals surface area contributed by atoms with Gasteiger partial charge in [-0.3, -0.25) is 9.59 Å². The Hall–Kier alpha value is -3.04. The maximum absolute atomic E-state index is 13.4. The van der Waals surface area contributed by atoms with Crippen molar-refractivity contribution < 1.29 is 27.5 Å². The summed E-state index contributed by atoms with van der Waals surface area (Å²) in [4.78, 5) is 39.0. The molecule has 0 aromatic heterocycles. The van der Waals surface area contributed by atoms with Crippen molar-refractivity contribution in [2.75, 3.05) is 11.5 Å². The third-order valence-corrected chi connectivity index (χ3v) is 7.19. The van der Waals surface area contributed by atoms with Crippen molar-refractivity contribution in [2.24, 2.45) is 0 Å². The van der Waals surface area contributed by atoms with Crippen LogP contribution in [-0.2, 0) is 24.3 Å². The SMILES string of the molecule is CCOC(=O)c1ccc(N2C(=O)CC(N(C(C)(C)C)S(=O)(=O)c3ccccc3)C2=O)cc1. The van der Waals surface area contributed by atoms with Gasteiger partial charge in [0.15, 0.2) is 0 Å². The monoisotopic (exact) mass is 458 g/mol. The van der Waals surface area contributed by atoms with Crippen molar-refractivity contribution >= 4 is 33.5 Å². The summed E-state index contributed by atoms with van der Waals surface area (Å²) in [5.74, 6) is -1.65. The lowest BCUT2D eigenvalue weighted by atomic mass is 10.1. The molecule has 0 radical (unpaired) electrons. The maximum atomic E-state index is 13.4. The van der Waals surface area contributed by atoms with Crippen molar-refractivity contribution in [3.05, 3.63) is 60.2 Å². The van der Waals surface area contributed by atoms with Gasteiger partial charge in [0, 0.05) is 5.54 Å². The van der Waals surface area contributed by atoms with E-state index in [9.17, 15) is 22.8 Å². The van der Waals surface area contributed by atoms with E-state index in [0.29, 0.717) is 0 Å². The lowest BCUT2D eigenvalue weighted by Crippen LogP contribution is -2.54. The van der Waals surface area contributed by atoms with E-state index in [1.807, 2.05) is 0 Å². The van der Waals surface area contributed by atoms with Gasteiger partial charge in [0.25, 0.3) is 5.91 Å². The maximum Gasteiger partial charge on any atom is 0.338 e. The fraction of sp³-hybridized carbons (Fsp3) is 0.348. The number of ether oxygens (including phenoxy) is 1. The van der Waals surface area contributed by atoms with Gasteiger partial charge in [0.1, 0.15) is 6.04 Å². The molecule has 1 unspecified atom stereocenters. The fourth-order valence-corrected chi connectivity index (χ4v) is 5.68. The predicted molar refractivity (Wildman–Crippen MR) is 119 cm³/mol. The van der Waals surface area contributed by atoms with E-state index in [2.05, 4.69) is 0 Å². The minimum atomic E-state index is -4.06. The molecule has 3 rings (SSSR count). The first-order valence-electron chi connectivity index (χ1n) is 10.2. The molecule has 170 valence electrons. The number of amides is 2. The van der Waals surface area contributed by atoms with Gasteiger partial charge in [-0.25, -0.2) is 18.1 Å². The Labute approximate surface area is 187 Å². The van der Waals surface area contributed by atoms with Gasteiger partial charge < -0.3 is 4.74 Å². The topological polar surface area (TPSA) is 101 Å². The first-order valence-corrected chi connectivity index (χ1v) is 11.7. The quantitative estimate of drug-likeness (QED) is 0.487. The summed E-state index contributed by atoms with van der Waals surface area (Å²) in [7, 11) is -4.06. The Bertz CT molecular complexity index is 1120. The first kappa shape index (κ1) is 23.6. The van der Waals surface area contributed by atoms with Crippen molar-refractivity contribution in [3.63, 3.8) is 0 Å². The molecule has 2 aromatic carbocycles. The molecule has 1 atom stereocenters. The van der Waals surface area contributed by atoms with E-state index >= 15 is 0 Å². The van der Waals surface area contributed by atoms with Crippen LogP contribution in [0.25, 0.3) is 0 Å². The number of esters is 1. The number of carbonyl (C=O) groups excluding carboxylic acids is 3. The van der Waals surface area contributed by atoms with Crippen LogP contribution in [0.1, 0.15) is 44.5 Å². The van der Waals surface area contributed by atoms with E-state index in [1.165, 1.54) is 36.4 Å². The Balaban J connectivity index is 1.96. The van der Waals surface area contributed by atoms with Crippen LogP contribution < -0.4 is 4.90 Å². The third-order valence-electron chi connectivity index (χ3n) is 5.00. The summed E-state index contributed by atoms with van der Waals surface area (Å²) in [6.45, 7) is 6.97. The van der Waals surface area contributed by atoms with Crippen LogP contribution in [0.15, 0.2) is 59.5 Å². The van der Waals surface area contributed by atoms with E-state index < -0.39 is 39.4 Å².